The molecule has 2 fully saturated rings. The molecule has 0 spiro atoms. The number of rotatable bonds is 3. The molecule has 0 saturated heterocycles. The van der Waals surface area contributed by atoms with Crippen LogP contribution in [0.4, 0.5) is 0 Å². The number of hydrogen-bond donors (Lipinski definition) is 1. The molecule has 2 saturated carbocycles. The van der Waals surface area contributed by atoms with Gasteiger partial charge in [0.25, 0.3) is 0 Å². The predicted octanol–water partition coefficient (Wildman–Crippen LogP) is 5.00. The van der Waals surface area contributed by atoms with Crippen molar-refractivity contribution < 1.29 is 0 Å². The summed E-state index contributed by atoms with van der Waals surface area (Å²) in [7, 11) is 0. The van der Waals surface area contributed by atoms with E-state index >= 15 is 0 Å². The highest BCUT2D eigenvalue weighted by atomic mass is 14.7. The van der Waals surface area contributed by atoms with Crippen LogP contribution in [0.1, 0.15) is 76.3 Å². The van der Waals surface area contributed by atoms with Crippen LogP contribution in [-0.2, 0) is 5.41 Å². The van der Waals surface area contributed by atoms with Gasteiger partial charge in [0, 0.05) is 12.0 Å². The van der Waals surface area contributed by atoms with Crippen LogP contribution in [0.2, 0.25) is 0 Å². The molecule has 3 rings (SSSR count). The fraction of sp³-hybridized carbons (Fsp3) is 0.700. The van der Waals surface area contributed by atoms with E-state index < -0.39 is 0 Å². The van der Waals surface area contributed by atoms with Crippen LogP contribution in [0, 0.1) is 11.3 Å². The molecule has 0 heterocycles. The highest BCUT2D eigenvalue weighted by Crippen LogP contribution is 2.48. The van der Waals surface area contributed by atoms with Crippen LogP contribution in [0.15, 0.2) is 24.3 Å². The Kier molecular flexibility index (Phi) is 3.90. The lowest BCUT2D eigenvalue weighted by Gasteiger charge is -2.37. The molecule has 116 valence electrons. The largest absolute Gasteiger partial charge is 0.330 e. The van der Waals surface area contributed by atoms with Gasteiger partial charge in [0.15, 0.2) is 0 Å². The summed E-state index contributed by atoms with van der Waals surface area (Å²) in [6, 6.07) is 9.38. The molecule has 2 aliphatic carbocycles. The smallest absolute Gasteiger partial charge is 0.00763 e. The molecule has 0 atom stereocenters. The van der Waals surface area contributed by atoms with E-state index in [-0.39, 0.29) is 0 Å². The highest BCUT2D eigenvalue weighted by Gasteiger charge is 2.43. The van der Waals surface area contributed by atoms with Crippen molar-refractivity contribution in [2.24, 2.45) is 17.1 Å². The van der Waals surface area contributed by atoms with Crippen molar-refractivity contribution in [3.8, 4) is 0 Å². The Morgan fingerprint density at radius 3 is 2.29 bits per heavy atom. The van der Waals surface area contributed by atoms with E-state index in [1.807, 2.05) is 0 Å². The zero-order chi connectivity index (χ0) is 15.1. The predicted molar refractivity (Wildman–Crippen MR) is 90.6 cm³/mol. The number of benzene rings is 1. The summed E-state index contributed by atoms with van der Waals surface area (Å²) < 4.78 is 0. The fourth-order valence-electron chi connectivity index (χ4n) is 4.18. The molecule has 1 heteroatoms. The van der Waals surface area contributed by atoms with E-state index in [1.165, 1.54) is 44.1 Å². The molecule has 0 unspecified atom stereocenters. The van der Waals surface area contributed by atoms with Gasteiger partial charge in [-0.15, -0.1) is 0 Å². The molecule has 21 heavy (non-hydrogen) atoms. The minimum absolute atomic E-state index is 0.332. The first-order chi connectivity index (χ1) is 9.94. The minimum atomic E-state index is 0.332. The second-order valence-electron chi connectivity index (χ2n) is 8.52. The summed E-state index contributed by atoms with van der Waals surface area (Å²) in [6.45, 7) is 8.01. The maximum absolute atomic E-state index is 6.00. The van der Waals surface area contributed by atoms with Crippen LogP contribution in [-0.4, -0.2) is 6.54 Å². The molecule has 1 nitrogen and oxygen atoms in total. The third-order valence-electron chi connectivity index (χ3n) is 6.17. The van der Waals surface area contributed by atoms with E-state index in [9.17, 15) is 0 Å². The summed E-state index contributed by atoms with van der Waals surface area (Å²) >= 11 is 0. The molecule has 0 radical (unpaired) electrons. The molecular formula is C20H31N. The molecule has 0 aliphatic heterocycles. The topological polar surface area (TPSA) is 26.0 Å². The van der Waals surface area contributed by atoms with Gasteiger partial charge < -0.3 is 5.73 Å². The Morgan fingerprint density at radius 1 is 1.10 bits per heavy atom. The van der Waals surface area contributed by atoms with Crippen molar-refractivity contribution in [3.05, 3.63) is 35.4 Å². The average Bonchev–Trinajstić information content (AvgIpc) is 3.28. The highest BCUT2D eigenvalue weighted by molar-refractivity contribution is 5.36. The number of hydrogen-bond acceptors (Lipinski definition) is 1. The first-order valence-corrected chi connectivity index (χ1v) is 8.75. The summed E-state index contributed by atoms with van der Waals surface area (Å²) in [4.78, 5) is 0. The van der Waals surface area contributed by atoms with Gasteiger partial charge in [0.2, 0.25) is 0 Å². The molecule has 2 N–H and O–H groups in total. The van der Waals surface area contributed by atoms with Gasteiger partial charge in [0.05, 0.1) is 0 Å². The Morgan fingerprint density at radius 2 is 1.76 bits per heavy atom. The summed E-state index contributed by atoms with van der Waals surface area (Å²) in [6.07, 6.45) is 8.07. The van der Waals surface area contributed by atoms with Gasteiger partial charge in [-0.25, -0.2) is 0 Å². The Hall–Kier alpha value is -0.820. The summed E-state index contributed by atoms with van der Waals surface area (Å²) in [5, 5.41) is 0. The first-order valence-electron chi connectivity index (χ1n) is 8.75. The van der Waals surface area contributed by atoms with Crippen LogP contribution in [0.25, 0.3) is 0 Å². The maximum Gasteiger partial charge on any atom is 0.00763 e. The first kappa shape index (κ1) is 15.1. The van der Waals surface area contributed by atoms with E-state index in [1.54, 1.807) is 5.56 Å². The maximum atomic E-state index is 6.00. The summed E-state index contributed by atoms with van der Waals surface area (Å²) in [5.41, 5.74) is 9.87. The van der Waals surface area contributed by atoms with Gasteiger partial charge in [0.1, 0.15) is 0 Å². The molecule has 0 bridgehead atoms. The van der Waals surface area contributed by atoms with Crippen molar-refractivity contribution in [2.45, 2.75) is 70.6 Å². The van der Waals surface area contributed by atoms with Crippen molar-refractivity contribution >= 4 is 0 Å². The van der Waals surface area contributed by atoms with Gasteiger partial charge >= 0.3 is 0 Å². The van der Waals surface area contributed by atoms with Crippen LogP contribution >= 0.6 is 0 Å². The zero-order valence-corrected chi connectivity index (χ0v) is 14.0. The molecule has 1 aromatic rings. The minimum Gasteiger partial charge on any atom is -0.330 e. The van der Waals surface area contributed by atoms with E-state index in [2.05, 4.69) is 45.0 Å². The molecule has 0 aromatic heterocycles. The van der Waals surface area contributed by atoms with Crippen molar-refractivity contribution in [1.82, 2.24) is 0 Å². The Balaban J connectivity index is 1.70. The van der Waals surface area contributed by atoms with Gasteiger partial charge in [-0.1, -0.05) is 45.0 Å². The molecule has 2 aliphatic rings. The second kappa shape index (κ2) is 5.43. The lowest BCUT2D eigenvalue weighted by molar-refractivity contribution is 0.169. The lowest BCUT2D eigenvalue weighted by Crippen LogP contribution is -2.25. The van der Waals surface area contributed by atoms with Crippen LogP contribution in [0.5, 0.6) is 0 Å². The van der Waals surface area contributed by atoms with Crippen molar-refractivity contribution in [3.63, 3.8) is 0 Å². The van der Waals surface area contributed by atoms with E-state index in [0.717, 1.165) is 18.4 Å². The second-order valence-corrected chi connectivity index (χ2v) is 8.52. The zero-order valence-electron chi connectivity index (χ0n) is 14.0. The van der Waals surface area contributed by atoms with Gasteiger partial charge in [-0.05, 0) is 66.9 Å². The standard InChI is InChI=1S/C20H31N/c1-19(2,3)17-9-7-15(8-10-17)16-5-4-6-18(13-16)20(14-21)11-12-20/h4-6,13,15,17H,7-12,14,21H2,1-3H3. The van der Waals surface area contributed by atoms with Gasteiger partial charge in [-0.2, -0.15) is 0 Å². The van der Waals surface area contributed by atoms with E-state index in [0.29, 0.717) is 10.8 Å². The van der Waals surface area contributed by atoms with Crippen molar-refractivity contribution in [1.29, 1.82) is 0 Å². The lowest BCUT2D eigenvalue weighted by atomic mass is 9.68. The summed E-state index contributed by atoms with van der Waals surface area (Å²) in [5.74, 6) is 1.67. The van der Waals surface area contributed by atoms with Crippen LogP contribution in [0.3, 0.4) is 0 Å². The average molecular weight is 285 g/mol. The quantitative estimate of drug-likeness (QED) is 0.831. The molecule has 1 aromatic carbocycles. The SMILES string of the molecule is CC(C)(C)C1CCC(c2cccc(C3(CN)CC3)c2)CC1. The third kappa shape index (κ3) is 3.04. The molecule has 0 amide bonds. The van der Waals surface area contributed by atoms with E-state index in [4.69, 9.17) is 5.73 Å². The monoisotopic (exact) mass is 285 g/mol. The Labute approximate surface area is 130 Å². The fourth-order valence-corrected chi connectivity index (χ4v) is 4.18. The molecular weight excluding hydrogens is 254 g/mol. The van der Waals surface area contributed by atoms with Crippen molar-refractivity contribution in [2.75, 3.05) is 6.54 Å². The van der Waals surface area contributed by atoms with Crippen LogP contribution < -0.4 is 5.73 Å². The normalized spacial score (nSPS) is 28.4. The third-order valence-corrected chi connectivity index (χ3v) is 6.17. The number of nitrogens with two attached hydrogens (primary N) is 1. The van der Waals surface area contributed by atoms with Gasteiger partial charge in [-0.3, -0.25) is 0 Å². The Bertz CT molecular complexity index is 485.